The van der Waals surface area contributed by atoms with Gasteiger partial charge in [0.05, 0.1) is 22.5 Å². The number of furan rings is 2. The number of rotatable bonds is 10. The standard InChI is InChI=1S/C138H130B2N6O2/c1-83-67-86(4)128-119(68-83)146(138(20)66-32-30-64-136(128,138)18)100-50-55-109-118(82-100)144(113-58-46-94(132(8,9)10)76-104(113)90-35-25-22-26-36-90)123-72-85(3)70-121-130(123)140(109)111-78-96(134(14,15)16)48-60-116(111)142(121)98-52-62-126-106(80-98)102-53-43-92(74-127(102)148-126)88-41-39-87(40-42-88)91-44-56-114-107(73-91)135(17)63-29-31-65-137(135,19)145(114)99-49-54-108-117(81-99)143(112-57-45-93(131(5,6)7)75-103(112)89-33-23-21-24-34-89)122-71-84(2)69-120-129(122)139(108)110-77-95(133(11,12)13)47-59-115(110)141(120)97-51-61-125-105(79-97)101-37-27-28-38-124(101)147-125/h21-28,33-62,67-82H,29-32,63-66H2,1-20H3. The lowest BCUT2D eigenvalue weighted by Crippen LogP contribution is -2.61. The van der Waals surface area contributed by atoms with E-state index in [-0.39, 0.29) is 57.0 Å². The number of hydrogen-bond donors (Lipinski definition) is 0. The van der Waals surface area contributed by atoms with E-state index in [1.165, 1.54) is 221 Å². The Morgan fingerprint density at radius 1 is 0.250 bits per heavy atom. The predicted octanol–water partition coefficient (Wildman–Crippen LogP) is 34.2. The topological polar surface area (TPSA) is 45.7 Å². The molecule has 2 saturated carbocycles. The van der Waals surface area contributed by atoms with Crippen molar-refractivity contribution < 1.29 is 8.83 Å². The maximum Gasteiger partial charge on any atom is 0.252 e. The third-order valence-corrected chi connectivity index (χ3v) is 36.5. The summed E-state index contributed by atoms with van der Waals surface area (Å²) in [5, 5.41) is 4.41. The fourth-order valence-corrected chi connectivity index (χ4v) is 28.5. The summed E-state index contributed by atoms with van der Waals surface area (Å²) in [6, 6.07) is 128. The van der Waals surface area contributed by atoms with Gasteiger partial charge in [-0.15, -0.1) is 0 Å². The Kier molecular flexibility index (Phi) is 20.1. The molecule has 19 aromatic rings. The van der Waals surface area contributed by atoms with Crippen molar-refractivity contribution in [1.82, 2.24) is 0 Å². The fourth-order valence-electron chi connectivity index (χ4n) is 28.5. The molecule has 17 aromatic carbocycles. The van der Waals surface area contributed by atoms with Crippen LogP contribution in [0.25, 0.3) is 88.4 Å². The van der Waals surface area contributed by atoms with Crippen LogP contribution < -0.4 is 62.2 Å². The number of benzene rings is 17. The lowest BCUT2D eigenvalue weighted by Gasteiger charge is -2.51. The largest absolute Gasteiger partial charge is 0.456 e. The Labute approximate surface area is 874 Å². The van der Waals surface area contributed by atoms with Gasteiger partial charge in [0.1, 0.15) is 22.3 Å². The first-order chi connectivity index (χ1) is 71.0. The molecule has 27 rings (SSSR count). The van der Waals surface area contributed by atoms with E-state index in [2.05, 4.69) is 495 Å². The Hall–Kier alpha value is -14.7. The molecule has 8 heterocycles. The van der Waals surface area contributed by atoms with Gasteiger partial charge >= 0.3 is 0 Å². The number of para-hydroxylation sites is 1. The normalized spacial score (nSPS) is 19.0. The van der Waals surface area contributed by atoms with Crippen molar-refractivity contribution in [3.8, 4) is 44.5 Å². The molecule has 4 unspecified atom stereocenters. The molecule has 0 amide bonds. The van der Waals surface area contributed by atoms with Crippen LogP contribution in [0.2, 0.25) is 0 Å². The molecule has 0 spiro atoms. The number of aryl methyl sites for hydroxylation is 4. The van der Waals surface area contributed by atoms with Crippen molar-refractivity contribution in [3.63, 3.8) is 0 Å². The van der Waals surface area contributed by atoms with Gasteiger partial charge in [-0.1, -0.05) is 292 Å². The van der Waals surface area contributed by atoms with Gasteiger partial charge in [-0.3, -0.25) is 0 Å². The van der Waals surface area contributed by atoms with Gasteiger partial charge in [0.25, 0.3) is 13.4 Å². The van der Waals surface area contributed by atoms with E-state index in [0.717, 1.165) is 97.7 Å². The van der Waals surface area contributed by atoms with Crippen LogP contribution in [0.4, 0.5) is 91.0 Å². The summed E-state index contributed by atoms with van der Waals surface area (Å²) in [6.07, 6.45) is 9.24. The van der Waals surface area contributed by atoms with Crippen molar-refractivity contribution in [2.24, 2.45) is 0 Å². The molecule has 0 saturated heterocycles. The fraction of sp³-hybridized carbons (Fsp3) is 0.261. The second-order valence-electron chi connectivity index (χ2n) is 49.7. The van der Waals surface area contributed by atoms with Crippen LogP contribution in [0.5, 0.6) is 0 Å². The van der Waals surface area contributed by atoms with Gasteiger partial charge in [0.15, 0.2) is 0 Å². The quantitative estimate of drug-likeness (QED) is 0.126. The zero-order chi connectivity index (χ0) is 102. The molecule has 8 nitrogen and oxygen atoms in total. The molecule has 2 fully saturated rings. The predicted molar refractivity (Wildman–Crippen MR) is 630 cm³/mol. The molecule has 148 heavy (non-hydrogen) atoms. The molecule has 8 aliphatic rings. The molecule has 2 aliphatic carbocycles. The van der Waals surface area contributed by atoms with E-state index < -0.39 is 0 Å². The van der Waals surface area contributed by atoms with Crippen molar-refractivity contribution in [2.45, 2.75) is 233 Å². The van der Waals surface area contributed by atoms with Crippen molar-refractivity contribution in [3.05, 3.63) is 383 Å². The van der Waals surface area contributed by atoms with E-state index in [4.69, 9.17) is 8.83 Å². The van der Waals surface area contributed by atoms with Crippen molar-refractivity contribution >= 4 is 181 Å². The van der Waals surface area contributed by atoms with Crippen molar-refractivity contribution in [1.29, 1.82) is 0 Å². The average molecular weight is 1930 g/mol. The SMILES string of the molecule is Cc1cc2c3c(c1)N(c1ccc(C(C)(C)C)cc1-c1ccccc1)c1cc(N4c5ccc(-c6ccc(-c7ccc8c(c7)oc7ccc(N9c%10ccc(C(C)(C)C)cc%10B%10c%11ccc(N%12c%13cc(C)cc(C)c%13C%13(C)CCCCC%12%13C)cc%11N(c%11ccc(C(C)(C)C)cc%11-c%11ccccc%11)c%11cc(C)cc9c%11%10)cc78)cc6)cc5C5(C)CCCCC45C)ccc1B3c1cc(C(C)(C)C)ccc1N2c1ccc2oc3ccccc3c2c1. The maximum atomic E-state index is 7.11. The molecular formula is C138H130B2N6O2. The van der Waals surface area contributed by atoms with Gasteiger partial charge in [0, 0.05) is 123 Å². The Bertz CT molecular complexity index is 8840. The summed E-state index contributed by atoms with van der Waals surface area (Å²) in [5.41, 5.74) is 52.5. The number of hydrogen-bond acceptors (Lipinski definition) is 8. The third kappa shape index (κ3) is 13.6. The summed E-state index contributed by atoms with van der Waals surface area (Å²) >= 11 is 0. The number of nitrogens with zero attached hydrogens (tertiary/aromatic N) is 6. The molecule has 0 N–H and O–H groups in total. The lowest BCUT2D eigenvalue weighted by atomic mass is 9.33. The molecule has 4 atom stereocenters. The monoisotopic (exact) mass is 1930 g/mol. The molecule has 6 aliphatic heterocycles. The molecule has 0 bridgehead atoms. The smallest absolute Gasteiger partial charge is 0.252 e. The van der Waals surface area contributed by atoms with E-state index in [1.54, 1.807) is 0 Å². The van der Waals surface area contributed by atoms with E-state index in [0.29, 0.717) is 0 Å². The van der Waals surface area contributed by atoms with Gasteiger partial charge in [0.2, 0.25) is 0 Å². The summed E-state index contributed by atoms with van der Waals surface area (Å²) < 4.78 is 13.7. The van der Waals surface area contributed by atoms with Gasteiger partial charge in [-0.2, -0.15) is 0 Å². The van der Waals surface area contributed by atoms with Crippen LogP contribution in [0.3, 0.4) is 0 Å². The minimum absolute atomic E-state index is 0.0216. The molecule has 730 valence electrons. The summed E-state index contributed by atoms with van der Waals surface area (Å²) in [5.74, 6) is 0. The van der Waals surface area contributed by atoms with E-state index in [1.807, 2.05) is 0 Å². The second kappa shape index (κ2) is 32.4. The zero-order valence-corrected chi connectivity index (χ0v) is 89.5. The zero-order valence-electron chi connectivity index (χ0n) is 89.5. The van der Waals surface area contributed by atoms with Crippen LogP contribution in [-0.4, -0.2) is 24.5 Å². The number of anilines is 16. The highest BCUT2D eigenvalue weighted by molar-refractivity contribution is 7.01. The Balaban J connectivity index is 0.558. The minimum Gasteiger partial charge on any atom is -0.456 e. The first kappa shape index (κ1) is 91.9. The Morgan fingerprint density at radius 3 is 1.13 bits per heavy atom. The van der Waals surface area contributed by atoms with Crippen LogP contribution in [0.15, 0.2) is 336 Å². The van der Waals surface area contributed by atoms with Gasteiger partial charge < -0.3 is 38.2 Å². The lowest BCUT2D eigenvalue weighted by molar-refractivity contribution is 0.194. The van der Waals surface area contributed by atoms with Crippen LogP contribution in [-0.2, 0) is 32.5 Å². The Morgan fingerprint density at radius 2 is 0.628 bits per heavy atom. The van der Waals surface area contributed by atoms with Gasteiger partial charge in [-0.25, -0.2) is 0 Å². The molecule has 0 radical (unpaired) electrons. The second-order valence-corrected chi connectivity index (χ2v) is 49.7. The molecular weight excluding hydrogens is 1800 g/mol. The number of fused-ring (bicyclic) bond motifs is 20. The molecule has 2 aromatic heterocycles. The van der Waals surface area contributed by atoms with Crippen LogP contribution >= 0.6 is 0 Å². The molecule has 10 heteroatoms. The minimum atomic E-state index is -0.249. The summed E-state index contributed by atoms with van der Waals surface area (Å²) in [4.78, 5) is 16.2. The van der Waals surface area contributed by atoms with E-state index in [9.17, 15) is 0 Å². The summed E-state index contributed by atoms with van der Waals surface area (Å²) in [7, 11) is 0. The first-order valence-corrected chi connectivity index (χ1v) is 54.3. The third-order valence-electron chi connectivity index (χ3n) is 36.5. The van der Waals surface area contributed by atoms with Crippen molar-refractivity contribution in [2.75, 3.05) is 29.4 Å². The highest BCUT2D eigenvalue weighted by atomic mass is 16.3. The average Bonchev–Trinajstić information content (AvgIpc) is 1.20. The maximum absolute atomic E-state index is 7.11. The highest BCUT2D eigenvalue weighted by Gasteiger charge is 2.61. The highest BCUT2D eigenvalue weighted by Crippen LogP contribution is 2.66. The first-order valence-electron chi connectivity index (χ1n) is 54.3. The van der Waals surface area contributed by atoms with E-state index >= 15 is 0 Å². The van der Waals surface area contributed by atoms with Crippen LogP contribution in [0.1, 0.15) is 218 Å². The summed E-state index contributed by atoms with van der Waals surface area (Å²) in [6.45, 7) is 47.7. The van der Waals surface area contributed by atoms with Crippen LogP contribution in [0, 0.1) is 27.7 Å². The van der Waals surface area contributed by atoms with Gasteiger partial charge in [-0.05, 0) is 368 Å².